The van der Waals surface area contributed by atoms with Crippen molar-refractivity contribution in [3.05, 3.63) is 80.9 Å². The van der Waals surface area contributed by atoms with E-state index >= 15 is 0 Å². The van der Waals surface area contributed by atoms with Crippen LogP contribution in [-0.4, -0.2) is 44.3 Å². The van der Waals surface area contributed by atoms with Gasteiger partial charge in [0.1, 0.15) is 0 Å². The van der Waals surface area contributed by atoms with E-state index in [0.717, 1.165) is 0 Å². The van der Waals surface area contributed by atoms with Crippen LogP contribution in [0.2, 0.25) is 0 Å². The van der Waals surface area contributed by atoms with E-state index in [1.165, 1.54) is 0 Å². The van der Waals surface area contributed by atoms with Crippen molar-refractivity contribution in [1.29, 1.82) is 0 Å². The molecule has 0 aliphatic carbocycles. The Morgan fingerprint density at radius 1 is 0.391 bits per heavy atom. The third-order valence-corrected chi connectivity index (χ3v) is 6.17. The average Bonchev–Trinajstić information content (AvgIpc) is 2.88. The van der Waals surface area contributed by atoms with Crippen molar-refractivity contribution < 1.29 is 92.3 Å². The lowest BCUT2D eigenvalue weighted by atomic mass is 9.79. The number of carboxylic acid groups (broad SMARTS) is 4. The predicted octanol–water partition coefficient (Wildman–Crippen LogP) is 7.89. The first-order chi connectivity index (χ1) is 20.7. The maximum Gasteiger partial charge on any atom is 0.417 e. The van der Waals surface area contributed by atoms with Crippen molar-refractivity contribution in [2.75, 3.05) is 0 Å². The first-order valence-corrected chi connectivity index (χ1v) is 11.5. The van der Waals surface area contributed by atoms with Crippen LogP contribution in [0, 0.1) is 0 Å². The Kier molecular flexibility index (Phi) is 8.60. The number of rotatable bonds is 6. The zero-order valence-corrected chi connectivity index (χ0v) is 21.4. The lowest BCUT2D eigenvalue weighted by Crippen LogP contribution is -2.28. The van der Waals surface area contributed by atoms with E-state index in [-0.39, 0.29) is 36.4 Å². The van der Waals surface area contributed by atoms with E-state index in [1.54, 1.807) is 0 Å². The van der Waals surface area contributed by atoms with Gasteiger partial charge in [-0.05, 0) is 35.4 Å². The van der Waals surface area contributed by atoms with Crippen LogP contribution in [0.4, 0.5) is 52.7 Å². The second-order valence-electron chi connectivity index (χ2n) is 8.98. The van der Waals surface area contributed by atoms with E-state index in [9.17, 15) is 82.1 Å². The van der Waals surface area contributed by atoms with Gasteiger partial charge in [-0.15, -0.1) is 0 Å². The highest BCUT2D eigenvalue weighted by Crippen LogP contribution is 2.58. The molecule has 3 aromatic rings. The molecule has 0 bridgehead atoms. The number of halogens is 12. The van der Waals surface area contributed by atoms with Gasteiger partial charge in [-0.2, -0.15) is 52.7 Å². The monoisotopic (exact) mass is 678 g/mol. The van der Waals surface area contributed by atoms with Crippen LogP contribution in [0.1, 0.15) is 63.7 Å². The first-order valence-electron chi connectivity index (χ1n) is 11.5. The zero-order valence-electron chi connectivity index (χ0n) is 21.4. The standard InChI is InChI=1S/C26H10F12O8/c27-23(28,29)15-13(7-1-3-9(19(39)40)11(5-7)21(43)44)16(24(30,31)32)18(26(36,37)38)17(25(33,34)35)14(15)8-2-4-10(20(41)42)12(6-8)22(45)46/h1-6H,(H,39,40)(H,41,42)(H,43,44)(H,45,46). The number of carbonyl (C=O) groups is 4. The van der Waals surface area contributed by atoms with Gasteiger partial charge in [0.25, 0.3) is 0 Å². The molecule has 3 rings (SSSR count). The largest absolute Gasteiger partial charge is 0.478 e. The van der Waals surface area contributed by atoms with E-state index < -0.39 is 115 Å². The lowest BCUT2D eigenvalue weighted by molar-refractivity contribution is -0.175. The zero-order chi connectivity index (χ0) is 35.5. The molecule has 4 N–H and O–H groups in total. The molecule has 0 aliphatic rings. The molecule has 20 heteroatoms. The van der Waals surface area contributed by atoms with Gasteiger partial charge in [0.05, 0.1) is 44.5 Å². The molecule has 0 unspecified atom stereocenters. The fourth-order valence-corrected chi connectivity index (χ4v) is 4.59. The first kappa shape index (κ1) is 35.2. The minimum absolute atomic E-state index is 0.0108. The quantitative estimate of drug-likeness (QED) is 0.192. The summed E-state index contributed by atoms with van der Waals surface area (Å²) in [4.78, 5) is 46.0. The molecule has 46 heavy (non-hydrogen) atoms. The van der Waals surface area contributed by atoms with Crippen molar-refractivity contribution in [3.8, 4) is 22.3 Å². The molecular formula is C26H10F12O8. The van der Waals surface area contributed by atoms with E-state index in [1.807, 2.05) is 0 Å². The van der Waals surface area contributed by atoms with Gasteiger partial charge >= 0.3 is 48.6 Å². The fraction of sp³-hybridized carbons (Fsp3) is 0.154. The molecule has 0 aromatic heterocycles. The molecule has 246 valence electrons. The smallest absolute Gasteiger partial charge is 0.417 e. The summed E-state index contributed by atoms with van der Waals surface area (Å²) in [5.41, 5.74) is -28.8. The second kappa shape index (κ2) is 11.2. The topological polar surface area (TPSA) is 149 Å². The van der Waals surface area contributed by atoms with Crippen LogP contribution in [0.3, 0.4) is 0 Å². The SMILES string of the molecule is O=C(O)c1ccc(-c2c(C(F)(F)F)c(-c3ccc(C(=O)O)c(C(=O)O)c3)c(C(F)(F)F)c(C(F)(F)F)c2C(F)(F)F)cc1C(=O)O. The summed E-state index contributed by atoms with van der Waals surface area (Å²) >= 11 is 0. The summed E-state index contributed by atoms with van der Waals surface area (Å²) in [6.45, 7) is 0. The van der Waals surface area contributed by atoms with Crippen LogP contribution in [-0.2, 0) is 24.7 Å². The average molecular weight is 678 g/mol. The highest BCUT2D eigenvalue weighted by Gasteiger charge is 2.57. The van der Waals surface area contributed by atoms with E-state index in [0.29, 0.717) is 0 Å². The number of benzene rings is 3. The number of hydrogen-bond donors (Lipinski definition) is 4. The lowest BCUT2D eigenvalue weighted by Gasteiger charge is -2.30. The molecule has 0 heterocycles. The molecule has 8 nitrogen and oxygen atoms in total. The highest BCUT2D eigenvalue weighted by molar-refractivity contribution is 6.04. The Hall–Kier alpha value is -5.30. The molecule has 0 saturated heterocycles. The van der Waals surface area contributed by atoms with Gasteiger partial charge in [0, 0.05) is 11.1 Å². The molecule has 0 atom stereocenters. The summed E-state index contributed by atoms with van der Waals surface area (Å²) in [5.74, 6) is -8.92. The van der Waals surface area contributed by atoms with Crippen molar-refractivity contribution in [1.82, 2.24) is 0 Å². The van der Waals surface area contributed by atoms with Gasteiger partial charge < -0.3 is 20.4 Å². The Bertz CT molecular complexity index is 1680. The van der Waals surface area contributed by atoms with Crippen LogP contribution in [0.15, 0.2) is 36.4 Å². The normalized spacial score (nSPS) is 12.6. The van der Waals surface area contributed by atoms with E-state index in [4.69, 9.17) is 10.2 Å². The molecule has 3 aromatic carbocycles. The Balaban J connectivity index is 2.93. The maximum atomic E-state index is 14.7. The molecule has 0 saturated carbocycles. The van der Waals surface area contributed by atoms with E-state index in [2.05, 4.69) is 0 Å². The third-order valence-electron chi connectivity index (χ3n) is 6.17. The number of aromatic carboxylic acids is 4. The molecule has 0 radical (unpaired) electrons. The van der Waals surface area contributed by atoms with Crippen LogP contribution in [0.5, 0.6) is 0 Å². The second-order valence-corrected chi connectivity index (χ2v) is 8.98. The summed E-state index contributed by atoms with van der Waals surface area (Å²) in [5, 5.41) is 37.0. The minimum atomic E-state index is -6.78. The molecular weight excluding hydrogens is 668 g/mol. The van der Waals surface area contributed by atoms with Crippen LogP contribution >= 0.6 is 0 Å². The Labute approximate surface area is 244 Å². The highest BCUT2D eigenvalue weighted by atomic mass is 19.4. The third kappa shape index (κ3) is 6.40. The summed E-state index contributed by atoms with van der Waals surface area (Å²) in [6.07, 6.45) is -26.7. The van der Waals surface area contributed by atoms with Gasteiger partial charge in [-0.3, -0.25) is 0 Å². The Morgan fingerprint density at radius 3 is 0.870 bits per heavy atom. The minimum Gasteiger partial charge on any atom is -0.478 e. The summed E-state index contributed by atoms with van der Waals surface area (Å²) in [6, 6.07) is -0.337. The van der Waals surface area contributed by atoms with Gasteiger partial charge in [0.15, 0.2) is 0 Å². The molecule has 0 fully saturated rings. The van der Waals surface area contributed by atoms with Gasteiger partial charge in [0.2, 0.25) is 0 Å². The molecule has 0 aliphatic heterocycles. The maximum absolute atomic E-state index is 14.7. The fourth-order valence-electron chi connectivity index (χ4n) is 4.59. The van der Waals surface area contributed by atoms with Crippen LogP contribution < -0.4 is 0 Å². The van der Waals surface area contributed by atoms with Crippen molar-refractivity contribution in [3.63, 3.8) is 0 Å². The number of carboxylic acids is 4. The molecule has 0 spiro atoms. The van der Waals surface area contributed by atoms with Crippen molar-refractivity contribution in [2.24, 2.45) is 0 Å². The predicted molar refractivity (Wildman–Crippen MR) is 125 cm³/mol. The van der Waals surface area contributed by atoms with Gasteiger partial charge in [-0.1, -0.05) is 12.1 Å². The van der Waals surface area contributed by atoms with Crippen molar-refractivity contribution in [2.45, 2.75) is 24.7 Å². The van der Waals surface area contributed by atoms with Gasteiger partial charge in [-0.25, -0.2) is 19.2 Å². The Morgan fingerprint density at radius 2 is 0.652 bits per heavy atom. The van der Waals surface area contributed by atoms with Crippen LogP contribution in [0.25, 0.3) is 22.3 Å². The number of hydrogen-bond acceptors (Lipinski definition) is 4. The van der Waals surface area contributed by atoms with Crippen molar-refractivity contribution >= 4 is 23.9 Å². The molecule has 0 amide bonds. The summed E-state index contributed by atoms with van der Waals surface area (Å²) in [7, 11) is 0. The number of alkyl halides is 12. The summed E-state index contributed by atoms with van der Waals surface area (Å²) < 4.78 is 173.